The molecule has 8 rings (SSSR count). The molecule has 0 aliphatic heterocycles. The zero-order valence-electron chi connectivity index (χ0n) is 37.2. The topological polar surface area (TPSA) is 0 Å². The monoisotopic (exact) mass is 753 g/mol. The van der Waals surface area contributed by atoms with Gasteiger partial charge in [-0.2, -0.15) is 0 Å². The van der Waals surface area contributed by atoms with Crippen molar-refractivity contribution in [2.24, 2.45) is 23.7 Å². The number of benzene rings is 4. The molecule has 4 aromatic carbocycles. The summed E-state index contributed by atoms with van der Waals surface area (Å²) >= 11 is 0. The van der Waals surface area contributed by atoms with Crippen molar-refractivity contribution in [3.05, 3.63) is 142 Å². The fraction of sp³-hybridized carbons (Fsp3) is 0.571. The van der Waals surface area contributed by atoms with Gasteiger partial charge in [-0.3, -0.25) is 0 Å². The maximum atomic E-state index is 2.38. The molecule has 0 atom stereocenters. The minimum absolute atomic E-state index is 0.840. The second-order valence-electron chi connectivity index (χ2n) is 19.5. The highest BCUT2D eigenvalue weighted by molar-refractivity contribution is 5.27. The van der Waals surface area contributed by atoms with Crippen molar-refractivity contribution >= 4 is 0 Å². The van der Waals surface area contributed by atoms with Crippen LogP contribution in [0.25, 0.3) is 0 Å². The Morgan fingerprint density at radius 1 is 0.232 bits per heavy atom. The third-order valence-corrected chi connectivity index (χ3v) is 14.3. The largest absolute Gasteiger partial charge is 0.0625 e. The molecule has 0 heteroatoms. The second kappa shape index (κ2) is 22.7. The maximum absolute atomic E-state index is 2.38. The first-order chi connectivity index (χ1) is 27.0. The minimum Gasteiger partial charge on any atom is -0.0625 e. The molecule has 4 aliphatic rings. The molecule has 4 aliphatic carbocycles. The van der Waals surface area contributed by atoms with Gasteiger partial charge in [0.15, 0.2) is 0 Å². The number of rotatable bonds is 4. The van der Waals surface area contributed by atoms with E-state index in [1.54, 1.807) is 22.3 Å². The highest BCUT2D eigenvalue weighted by atomic mass is 14.3. The highest BCUT2D eigenvalue weighted by Gasteiger charge is 2.22. The van der Waals surface area contributed by atoms with Crippen LogP contribution in [0.2, 0.25) is 0 Å². The molecule has 56 heavy (non-hydrogen) atoms. The molecule has 0 heterocycles. The van der Waals surface area contributed by atoms with Crippen LogP contribution in [0.5, 0.6) is 0 Å². The SMILES string of the molecule is Cc1ccc(C2CCC(C)CC2)cc1.Cc1ccc(C2CCC(C)CC2)cc1.Cc1ccc(C2CCC(C)CC2)cc1.Cc1ccc(C2CCC(C)CC2)cc1. The number of hydrogen-bond donors (Lipinski definition) is 0. The van der Waals surface area contributed by atoms with E-state index in [1.807, 2.05) is 0 Å². The summed E-state index contributed by atoms with van der Waals surface area (Å²) in [4.78, 5) is 0. The Labute approximate surface area is 345 Å². The molecule has 0 aromatic heterocycles. The van der Waals surface area contributed by atoms with Gasteiger partial charge in [-0.1, -0.05) is 198 Å². The van der Waals surface area contributed by atoms with E-state index in [4.69, 9.17) is 0 Å². The maximum Gasteiger partial charge on any atom is -0.0162 e. The highest BCUT2D eigenvalue weighted by Crippen LogP contribution is 2.38. The molecular weight excluding hydrogens is 673 g/mol. The van der Waals surface area contributed by atoms with Gasteiger partial charge in [0, 0.05) is 0 Å². The first-order valence-corrected chi connectivity index (χ1v) is 23.3. The Morgan fingerprint density at radius 3 is 0.518 bits per heavy atom. The molecule has 304 valence electrons. The Kier molecular flexibility index (Phi) is 17.9. The predicted octanol–water partition coefficient (Wildman–Crippen LogP) is 17.2. The van der Waals surface area contributed by atoms with E-state index in [1.165, 1.54) is 125 Å². The average Bonchev–Trinajstić information content (AvgIpc) is 3.21. The average molecular weight is 753 g/mol. The molecule has 0 spiro atoms. The van der Waals surface area contributed by atoms with E-state index in [2.05, 4.69) is 152 Å². The van der Waals surface area contributed by atoms with Crippen molar-refractivity contribution in [2.75, 3.05) is 0 Å². The fourth-order valence-corrected chi connectivity index (χ4v) is 9.73. The van der Waals surface area contributed by atoms with E-state index in [0.717, 1.165) is 47.3 Å². The summed E-state index contributed by atoms with van der Waals surface area (Å²) in [6.07, 6.45) is 22.5. The third-order valence-electron chi connectivity index (χ3n) is 14.3. The summed E-state index contributed by atoms with van der Waals surface area (Å²) in [5.74, 6) is 7.18. The molecular formula is C56H80. The van der Waals surface area contributed by atoms with Gasteiger partial charge in [0.1, 0.15) is 0 Å². The molecule has 4 aromatic rings. The van der Waals surface area contributed by atoms with Crippen LogP contribution in [-0.2, 0) is 0 Å². The molecule has 0 nitrogen and oxygen atoms in total. The molecule has 4 fully saturated rings. The normalized spacial score (nSPS) is 27.6. The Bertz CT molecular complexity index is 1360. The summed E-state index contributed by atoms with van der Waals surface area (Å²) in [5, 5.41) is 0. The summed E-state index contributed by atoms with van der Waals surface area (Å²) in [6, 6.07) is 36.5. The molecule has 0 amide bonds. The molecule has 0 bridgehead atoms. The van der Waals surface area contributed by atoms with Crippen molar-refractivity contribution in [2.45, 2.75) is 182 Å². The van der Waals surface area contributed by atoms with Crippen molar-refractivity contribution in [1.82, 2.24) is 0 Å². The third kappa shape index (κ3) is 14.7. The fourth-order valence-electron chi connectivity index (χ4n) is 9.73. The van der Waals surface area contributed by atoms with Gasteiger partial charge in [0.25, 0.3) is 0 Å². The Balaban J connectivity index is 0.000000143. The molecule has 4 saturated carbocycles. The van der Waals surface area contributed by atoms with Crippen LogP contribution in [0.15, 0.2) is 97.1 Å². The van der Waals surface area contributed by atoms with E-state index >= 15 is 0 Å². The standard InChI is InChI=1S/4C14H20/c4*1-11-3-7-13(8-4-11)14-9-5-12(2)6-10-14/h4*3-4,7-8,12,14H,5-6,9-10H2,1-2H3. The lowest BCUT2D eigenvalue weighted by Crippen LogP contribution is -2.10. The van der Waals surface area contributed by atoms with E-state index in [0.29, 0.717) is 0 Å². The van der Waals surface area contributed by atoms with Crippen LogP contribution < -0.4 is 0 Å². The molecule has 0 unspecified atom stereocenters. The second-order valence-corrected chi connectivity index (χ2v) is 19.5. The predicted molar refractivity (Wildman–Crippen MR) is 246 cm³/mol. The molecule has 0 saturated heterocycles. The van der Waals surface area contributed by atoms with Gasteiger partial charge >= 0.3 is 0 Å². The van der Waals surface area contributed by atoms with Gasteiger partial charge in [-0.05, 0) is 149 Å². The van der Waals surface area contributed by atoms with Crippen molar-refractivity contribution in [1.29, 1.82) is 0 Å². The van der Waals surface area contributed by atoms with Crippen LogP contribution in [-0.4, -0.2) is 0 Å². The van der Waals surface area contributed by atoms with E-state index in [-0.39, 0.29) is 0 Å². The lowest BCUT2D eigenvalue weighted by atomic mass is 9.79. The first kappa shape index (κ1) is 44.0. The smallest absolute Gasteiger partial charge is 0.0162 e. The van der Waals surface area contributed by atoms with Crippen LogP contribution in [0.1, 0.15) is 199 Å². The van der Waals surface area contributed by atoms with Crippen molar-refractivity contribution in [3.8, 4) is 0 Å². The van der Waals surface area contributed by atoms with E-state index in [9.17, 15) is 0 Å². The number of aryl methyl sites for hydroxylation is 4. The van der Waals surface area contributed by atoms with Crippen molar-refractivity contribution in [3.63, 3.8) is 0 Å². The lowest BCUT2D eigenvalue weighted by molar-refractivity contribution is 0.348. The van der Waals surface area contributed by atoms with Gasteiger partial charge in [-0.15, -0.1) is 0 Å². The van der Waals surface area contributed by atoms with Crippen molar-refractivity contribution < 1.29 is 0 Å². The Morgan fingerprint density at radius 2 is 0.375 bits per heavy atom. The molecule has 0 radical (unpaired) electrons. The molecule has 0 N–H and O–H groups in total. The van der Waals surface area contributed by atoms with E-state index < -0.39 is 0 Å². The quantitative estimate of drug-likeness (QED) is 0.195. The summed E-state index contributed by atoms with van der Waals surface area (Å²) < 4.78 is 0. The summed E-state index contributed by atoms with van der Waals surface area (Å²) in [7, 11) is 0. The zero-order valence-corrected chi connectivity index (χ0v) is 37.2. The minimum atomic E-state index is 0.840. The van der Waals surface area contributed by atoms with Crippen LogP contribution in [0, 0.1) is 51.4 Å². The summed E-state index contributed by atoms with van der Waals surface area (Å²) in [5.41, 5.74) is 11.7. The first-order valence-electron chi connectivity index (χ1n) is 23.3. The summed E-state index contributed by atoms with van der Waals surface area (Å²) in [6.45, 7) is 18.2. The van der Waals surface area contributed by atoms with Gasteiger partial charge in [-0.25, -0.2) is 0 Å². The Hall–Kier alpha value is -3.12. The van der Waals surface area contributed by atoms with Gasteiger partial charge in [0.05, 0.1) is 0 Å². The lowest BCUT2D eigenvalue weighted by Gasteiger charge is -2.26. The van der Waals surface area contributed by atoms with Gasteiger partial charge in [0.2, 0.25) is 0 Å². The zero-order chi connectivity index (χ0) is 39.9. The number of hydrogen-bond acceptors (Lipinski definition) is 0. The van der Waals surface area contributed by atoms with Crippen LogP contribution >= 0.6 is 0 Å². The van der Waals surface area contributed by atoms with Crippen LogP contribution in [0.4, 0.5) is 0 Å². The van der Waals surface area contributed by atoms with Crippen LogP contribution in [0.3, 0.4) is 0 Å². The van der Waals surface area contributed by atoms with Gasteiger partial charge < -0.3 is 0 Å².